The molecule has 0 radical (unpaired) electrons. The second kappa shape index (κ2) is 20.0. The van der Waals surface area contributed by atoms with Gasteiger partial charge in [0.15, 0.2) is 17.6 Å². The quantitative estimate of drug-likeness (QED) is 0.128. The molecule has 1 aliphatic heterocycles. The van der Waals surface area contributed by atoms with Crippen LogP contribution in [0, 0.1) is 29.1 Å². The molecule has 1 heterocycles. The molecule has 1 saturated heterocycles. The SMILES string of the molecule is CCCC(CC(=O)[C@@H]1CC2(CCCC2)CN1C(=O)[C@@H](CC(=O)OCC(C)C)C1CCCCC1)C(=O)C(=O)CCC(=O)N[C@H](C(=O)OC)c1ccccc1. The minimum absolute atomic E-state index is 0.00855. The fourth-order valence-electron chi connectivity index (χ4n) is 8.67. The summed E-state index contributed by atoms with van der Waals surface area (Å²) in [6.45, 7) is 6.56. The summed E-state index contributed by atoms with van der Waals surface area (Å²) in [5.74, 6) is -4.69. The van der Waals surface area contributed by atoms with Crippen LogP contribution >= 0.6 is 0 Å². The lowest BCUT2D eigenvalue weighted by atomic mass is 9.77. The first-order valence-electron chi connectivity index (χ1n) is 19.9. The molecular weight excluding hydrogens is 676 g/mol. The van der Waals surface area contributed by atoms with Gasteiger partial charge in [-0.3, -0.25) is 28.8 Å². The van der Waals surface area contributed by atoms with E-state index < -0.39 is 47.4 Å². The monoisotopic (exact) mass is 736 g/mol. The van der Waals surface area contributed by atoms with Gasteiger partial charge in [0, 0.05) is 31.7 Å². The molecule has 53 heavy (non-hydrogen) atoms. The van der Waals surface area contributed by atoms with E-state index in [9.17, 15) is 33.6 Å². The number of carbonyl (C=O) groups excluding carboxylic acids is 7. The van der Waals surface area contributed by atoms with Crippen LogP contribution in [0.25, 0.3) is 0 Å². The highest BCUT2D eigenvalue weighted by molar-refractivity contribution is 6.38. The second-order valence-electron chi connectivity index (χ2n) is 16.1. The lowest BCUT2D eigenvalue weighted by Crippen LogP contribution is -2.47. The Labute approximate surface area is 314 Å². The van der Waals surface area contributed by atoms with Crippen LogP contribution in [0.5, 0.6) is 0 Å². The van der Waals surface area contributed by atoms with Crippen molar-refractivity contribution in [2.75, 3.05) is 20.3 Å². The predicted molar refractivity (Wildman–Crippen MR) is 198 cm³/mol. The Balaban J connectivity index is 1.45. The molecule has 1 aromatic rings. The molecule has 1 N–H and O–H groups in total. The van der Waals surface area contributed by atoms with Gasteiger partial charge in [-0.1, -0.05) is 89.6 Å². The number of Topliss-reactive ketones (excluding diaryl/α,β-unsaturated/α-hetero) is 3. The van der Waals surface area contributed by atoms with Crippen molar-refractivity contribution in [3.8, 4) is 0 Å². The summed E-state index contributed by atoms with van der Waals surface area (Å²) >= 11 is 0. The van der Waals surface area contributed by atoms with Gasteiger partial charge in [-0.2, -0.15) is 0 Å². The summed E-state index contributed by atoms with van der Waals surface area (Å²) in [4.78, 5) is 95.6. The number of amides is 2. The molecule has 4 rings (SSSR count). The second-order valence-corrected chi connectivity index (χ2v) is 16.1. The van der Waals surface area contributed by atoms with Gasteiger partial charge in [-0.25, -0.2) is 4.79 Å². The van der Waals surface area contributed by atoms with Crippen LogP contribution in [0.1, 0.15) is 135 Å². The number of esters is 2. The summed E-state index contributed by atoms with van der Waals surface area (Å²) in [5, 5.41) is 2.60. The van der Waals surface area contributed by atoms with E-state index in [2.05, 4.69) is 5.32 Å². The molecule has 2 saturated carbocycles. The Morgan fingerprint density at radius 3 is 2.21 bits per heavy atom. The van der Waals surface area contributed by atoms with E-state index in [1.54, 1.807) is 35.2 Å². The number of rotatable bonds is 19. The van der Waals surface area contributed by atoms with E-state index in [1.807, 2.05) is 20.8 Å². The number of carbonyl (C=O) groups is 7. The summed E-state index contributed by atoms with van der Waals surface area (Å²) in [6, 6.07) is 6.79. The lowest BCUT2D eigenvalue weighted by molar-refractivity contribution is -0.152. The summed E-state index contributed by atoms with van der Waals surface area (Å²) in [7, 11) is 1.22. The van der Waals surface area contributed by atoms with Crippen molar-refractivity contribution in [3.63, 3.8) is 0 Å². The van der Waals surface area contributed by atoms with Crippen molar-refractivity contribution in [1.82, 2.24) is 10.2 Å². The van der Waals surface area contributed by atoms with Crippen LogP contribution < -0.4 is 5.32 Å². The van der Waals surface area contributed by atoms with Gasteiger partial charge in [-0.15, -0.1) is 0 Å². The fraction of sp³-hybridized carbons (Fsp3) is 0.690. The van der Waals surface area contributed by atoms with Crippen LogP contribution in [0.15, 0.2) is 30.3 Å². The summed E-state index contributed by atoms with van der Waals surface area (Å²) < 4.78 is 10.4. The van der Waals surface area contributed by atoms with Crippen molar-refractivity contribution < 1.29 is 43.0 Å². The first-order chi connectivity index (χ1) is 25.4. The van der Waals surface area contributed by atoms with Crippen LogP contribution in [0.2, 0.25) is 0 Å². The highest BCUT2D eigenvalue weighted by Gasteiger charge is 2.51. The highest BCUT2D eigenvalue weighted by Crippen LogP contribution is 2.49. The Morgan fingerprint density at radius 2 is 1.58 bits per heavy atom. The van der Waals surface area contributed by atoms with Crippen molar-refractivity contribution >= 4 is 41.1 Å². The standard InChI is InChI=1S/C42H60N2O9/c1-5-14-31(39(49)34(45)19-20-36(47)43-38(41(51)52-4)30-17-10-7-11-18-30)23-35(46)33-25-42(21-12-13-22-42)27-44(33)40(50)32(29-15-8-6-9-16-29)24-37(48)53-26-28(2)3/h7,10-11,17-18,28-29,31-33,38H,5-6,8-9,12-16,19-27H2,1-4H3,(H,43,47)/t31?,32-,33-,38-/m0/s1. The van der Waals surface area contributed by atoms with E-state index in [1.165, 1.54) is 7.11 Å². The van der Waals surface area contributed by atoms with Gasteiger partial charge in [0.2, 0.25) is 17.6 Å². The van der Waals surface area contributed by atoms with Crippen molar-refractivity contribution in [3.05, 3.63) is 35.9 Å². The molecule has 2 aliphatic carbocycles. The molecule has 11 nitrogen and oxygen atoms in total. The van der Waals surface area contributed by atoms with Gasteiger partial charge in [0.1, 0.15) is 0 Å². The van der Waals surface area contributed by atoms with Gasteiger partial charge in [0.05, 0.1) is 32.1 Å². The smallest absolute Gasteiger partial charge is 0.333 e. The van der Waals surface area contributed by atoms with Crippen LogP contribution in [0.4, 0.5) is 0 Å². The van der Waals surface area contributed by atoms with E-state index in [4.69, 9.17) is 9.47 Å². The molecule has 2 amide bonds. The van der Waals surface area contributed by atoms with E-state index in [0.717, 1.165) is 57.8 Å². The molecule has 1 aromatic carbocycles. The minimum Gasteiger partial charge on any atom is -0.467 e. The number of ketones is 3. The van der Waals surface area contributed by atoms with Gasteiger partial charge >= 0.3 is 11.9 Å². The Morgan fingerprint density at radius 1 is 0.906 bits per heavy atom. The Kier molecular flexibility index (Phi) is 15.8. The largest absolute Gasteiger partial charge is 0.467 e. The predicted octanol–water partition coefficient (Wildman–Crippen LogP) is 6.26. The van der Waals surface area contributed by atoms with Gasteiger partial charge in [0.25, 0.3) is 0 Å². The Hall–Kier alpha value is -3.89. The van der Waals surface area contributed by atoms with Crippen molar-refractivity contribution in [2.24, 2.45) is 29.1 Å². The first-order valence-corrected chi connectivity index (χ1v) is 19.9. The zero-order valence-corrected chi connectivity index (χ0v) is 32.2. The van der Waals surface area contributed by atoms with Crippen LogP contribution in [-0.2, 0) is 43.0 Å². The number of hydrogen-bond acceptors (Lipinski definition) is 9. The lowest BCUT2D eigenvalue weighted by Gasteiger charge is -2.34. The number of likely N-dealkylation sites (tertiary alicyclic amines) is 1. The first kappa shape index (κ1) is 41.9. The van der Waals surface area contributed by atoms with E-state index in [0.29, 0.717) is 31.4 Å². The maximum Gasteiger partial charge on any atom is 0.333 e. The van der Waals surface area contributed by atoms with Gasteiger partial charge in [-0.05, 0) is 61.3 Å². The maximum absolute atomic E-state index is 14.6. The number of nitrogens with zero attached hydrogens (tertiary/aromatic N) is 1. The van der Waals surface area contributed by atoms with Crippen LogP contribution in [0.3, 0.4) is 0 Å². The molecule has 3 fully saturated rings. The van der Waals surface area contributed by atoms with Crippen LogP contribution in [-0.4, -0.2) is 72.3 Å². The molecule has 0 bridgehead atoms. The number of hydrogen-bond donors (Lipinski definition) is 1. The van der Waals surface area contributed by atoms with Crippen molar-refractivity contribution in [1.29, 1.82) is 0 Å². The number of nitrogens with one attached hydrogen (secondary N) is 1. The number of benzene rings is 1. The molecule has 3 aliphatic rings. The Bertz CT molecular complexity index is 1450. The fourth-order valence-corrected chi connectivity index (χ4v) is 8.67. The molecule has 292 valence electrons. The topological polar surface area (TPSA) is 153 Å². The normalized spacial score (nSPS) is 20.1. The van der Waals surface area contributed by atoms with Crippen molar-refractivity contribution in [2.45, 2.75) is 136 Å². The summed E-state index contributed by atoms with van der Waals surface area (Å²) in [6.07, 6.45) is 9.25. The molecule has 1 unspecified atom stereocenters. The zero-order chi connectivity index (χ0) is 38.5. The average molecular weight is 737 g/mol. The third-order valence-electron chi connectivity index (χ3n) is 11.5. The number of ether oxygens (including phenoxy) is 2. The summed E-state index contributed by atoms with van der Waals surface area (Å²) in [5.41, 5.74) is 0.354. The number of methoxy groups -OCH3 is 1. The maximum atomic E-state index is 14.6. The highest BCUT2D eigenvalue weighted by atomic mass is 16.5. The molecule has 0 aromatic heterocycles. The molecular formula is C42H60N2O9. The third kappa shape index (κ3) is 11.5. The third-order valence-corrected chi connectivity index (χ3v) is 11.5. The van der Waals surface area contributed by atoms with E-state index >= 15 is 0 Å². The molecule has 4 atom stereocenters. The zero-order valence-electron chi connectivity index (χ0n) is 32.2. The average Bonchev–Trinajstić information content (AvgIpc) is 3.80. The molecule has 1 spiro atoms. The van der Waals surface area contributed by atoms with Gasteiger partial charge < -0.3 is 19.7 Å². The minimum atomic E-state index is -1.06. The van der Waals surface area contributed by atoms with E-state index in [-0.39, 0.29) is 67.2 Å². The molecule has 11 heteroatoms.